The molecule has 3 heterocycles. The topological polar surface area (TPSA) is 13.1 Å². The van der Waals surface area contributed by atoms with Crippen LogP contribution in [0, 0.1) is 0 Å². The second-order valence-electron chi connectivity index (χ2n) is 8.35. The molecular formula is C28H24NO+. The summed E-state index contributed by atoms with van der Waals surface area (Å²) >= 11 is 0. The fourth-order valence-corrected chi connectivity index (χ4v) is 5.97. The summed E-state index contributed by atoms with van der Waals surface area (Å²) in [5.74, 6) is 1.17. The molecule has 0 saturated heterocycles. The number of methoxy groups -OCH3 is 1. The largest absolute Gasteiger partial charge is 0.496 e. The molecule has 1 aliphatic carbocycles. The van der Waals surface area contributed by atoms with E-state index in [1.165, 1.54) is 27.9 Å². The second-order valence-corrected chi connectivity index (χ2v) is 8.35. The zero-order valence-electron chi connectivity index (χ0n) is 17.0. The molecule has 4 aromatic rings. The molecule has 146 valence electrons. The Bertz CT molecular complexity index is 1180. The van der Waals surface area contributed by atoms with Crippen LogP contribution in [0.15, 0.2) is 103 Å². The minimum atomic E-state index is -0.143. The molecule has 30 heavy (non-hydrogen) atoms. The van der Waals surface area contributed by atoms with Crippen LogP contribution in [-0.4, -0.2) is 7.11 Å². The summed E-state index contributed by atoms with van der Waals surface area (Å²) in [7, 11) is 1.80. The molecule has 2 bridgehead atoms. The number of ether oxygens (including phenoxy) is 1. The Balaban J connectivity index is 1.75. The van der Waals surface area contributed by atoms with E-state index in [4.69, 9.17) is 4.74 Å². The van der Waals surface area contributed by atoms with Crippen LogP contribution in [0.25, 0.3) is 0 Å². The molecule has 0 spiro atoms. The zero-order chi connectivity index (χ0) is 20.1. The first-order chi connectivity index (χ1) is 14.8. The lowest BCUT2D eigenvalue weighted by atomic mass is 9.53. The van der Waals surface area contributed by atoms with E-state index in [9.17, 15) is 0 Å². The standard InChI is InChI=1S/C28H24NO/c1-30-25-17-10-15-22-24-19-28(20-11-4-2-5-12-20,21-13-6-3-7-14-21)27(26(22)25)23-16-8-9-18-29(23)24/h2-18,24,27H,19H2,1H3/q+1. The lowest BCUT2D eigenvalue weighted by molar-refractivity contribution is -0.732. The lowest BCUT2D eigenvalue weighted by Crippen LogP contribution is -2.60. The summed E-state index contributed by atoms with van der Waals surface area (Å²) in [6, 6.07) is 35.5. The maximum atomic E-state index is 5.94. The minimum Gasteiger partial charge on any atom is -0.496 e. The van der Waals surface area contributed by atoms with Crippen LogP contribution in [0.3, 0.4) is 0 Å². The number of nitrogens with zero attached hydrogens (tertiary/aromatic N) is 1. The molecule has 7 rings (SSSR count). The van der Waals surface area contributed by atoms with Gasteiger partial charge in [-0.1, -0.05) is 78.9 Å². The first kappa shape index (κ1) is 17.5. The van der Waals surface area contributed by atoms with E-state index in [-0.39, 0.29) is 17.4 Å². The third-order valence-corrected chi connectivity index (χ3v) is 7.11. The Kier molecular flexibility index (Phi) is 3.82. The Morgan fingerprint density at radius 1 is 0.767 bits per heavy atom. The Morgan fingerprint density at radius 3 is 2.10 bits per heavy atom. The van der Waals surface area contributed by atoms with E-state index < -0.39 is 0 Å². The third-order valence-electron chi connectivity index (χ3n) is 7.11. The summed E-state index contributed by atoms with van der Waals surface area (Å²) in [6.07, 6.45) is 3.28. The molecular weight excluding hydrogens is 366 g/mol. The van der Waals surface area contributed by atoms with E-state index in [0.717, 1.165) is 12.2 Å². The molecule has 2 nitrogen and oxygen atoms in total. The van der Waals surface area contributed by atoms with Crippen molar-refractivity contribution in [2.75, 3.05) is 7.11 Å². The minimum absolute atomic E-state index is 0.143. The maximum absolute atomic E-state index is 5.94. The Labute approximate surface area is 177 Å². The van der Waals surface area contributed by atoms with Gasteiger partial charge in [-0.3, -0.25) is 0 Å². The van der Waals surface area contributed by atoms with Crippen LogP contribution in [-0.2, 0) is 5.41 Å². The van der Waals surface area contributed by atoms with Crippen molar-refractivity contribution in [2.45, 2.75) is 23.8 Å². The highest BCUT2D eigenvalue weighted by Crippen LogP contribution is 2.61. The molecule has 0 N–H and O–H groups in total. The van der Waals surface area contributed by atoms with Crippen molar-refractivity contribution in [3.05, 3.63) is 131 Å². The lowest BCUT2D eigenvalue weighted by Gasteiger charge is -2.50. The number of benzene rings is 3. The molecule has 0 saturated carbocycles. The van der Waals surface area contributed by atoms with Gasteiger partial charge in [0.05, 0.1) is 13.0 Å². The van der Waals surface area contributed by atoms with E-state index in [1.54, 1.807) is 7.11 Å². The number of hydrogen-bond donors (Lipinski definition) is 0. The second kappa shape index (κ2) is 6.56. The van der Waals surface area contributed by atoms with Crippen molar-refractivity contribution in [1.29, 1.82) is 0 Å². The molecule has 2 unspecified atom stereocenters. The van der Waals surface area contributed by atoms with Crippen LogP contribution >= 0.6 is 0 Å². The van der Waals surface area contributed by atoms with E-state index in [1.807, 2.05) is 0 Å². The van der Waals surface area contributed by atoms with Crippen LogP contribution in [0.5, 0.6) is 5.75 Å². The van der Waals surface area contributed by atoms with Crippen LogP contribution in [0.4, 0.5) is 0 Å². The monoisotopic (exact) mass is 390 g/mol. The summed E-state index contributed by atoms with van der Waals surface area (Å²) < 4.78 is 8.42. The number of hydrogen-bond acceptors (Lipinski definition) is 1. The number of rotatable bonds is 3. The highest BCUT2D eigenvalue weighted by Gasteiger charge is 2.60. The average molecular weight is 391 g/mol. The predicted octanol–water partition coefficient (Wildman–Crippen LogP) is 5.41. The average Bonchev–Trinajstić information content (AvgIpc) is 2.84. The van der Waals surface area contributed by atoms with Gasteiger partial charge in [-0.2, -0.15) is 4.57 Å². The van der Waals surface area contributed by atoms with Gasteiger partial charge in [0.1, 0.15) is 5.75 Å². The van der Waals surface area contributed by atoms with Gasteiger partial charge in [-0.25, -0.2) is 0 Å². The van der Waals surface area contributed by atoms with Crippen molar-refractivity contribution in [2.24, 2.45) is 0 Å². The first-order valence-corrected chi connectivity index (χ1v) is 10.6. The maximum Gasteiger partial charge on any atom is 0.190 e. The van der Waals surface area contributed by atoms with Crippen molar-refractivity contribution in [3.63, 3.8) is 0 Å². The van der Waals surface area contributed by atoms with Gasteiger partial charge in [0.2, 0.25) is 0 Å². The normalized spacial score (nSPS) is 20.3. The molecule has 1 aromatic heterocycles. The highest BCUT2D eigenvalue weighted by molar-refractivity contribution is 5.58. The SMILES string of the molecule is COc1cccc2c1C1c3cccc[n+]3C2CC1(c1ccccc1)c1ccccc1. The fourth-order valence-electron chi connectivity index (χ4n) is 5.97. The van der Waals surface area contributed by atoms with Crippen molar-refractivity contribution >= 4 is 0 Å². The quantitative estimate of drug-likeness (QED) is 0.427. The summed E-state index contributed by atoms with van der Waals surface area (Å²) in [5, 5.41) is 0. The Hall–Kier alpha value is -3.39. The van der Waals surface area contributed by atoms with Gasteiger partial charge >= 0.3 is 0 Å². The molecule has 0 fully saturated rings. The fraction of sp³-hybridized carbons (Fsp3) is 0.179. The molecule has 3 aromatic carbocycles. The molecule has 2 atom stereocenters. The van der Waals surface area contributed by atoms with Gasteiger partial charge in [0.15, 0.2) is 17.9 Å². The van der Waals surface area contributed by atoms with E-state index in [0.29, 0.717) is 0 Å². The Morgan fingerprint density at radius 2 is 1.43 bits per heavy atom. The van der Waals surface area contributed by atoms with Crippen LogP contribution in [0.2, 0.25) is 0 Å². The van der Waals surface area contributed by atoms with Gasteiger partial charge in [0, 0.05) is 35.1 Å². The first-order valence-electron chi connectivity index (χ1n) is 10.6. The zero-order valence-corrected chi connectivity index (χ0v) is 17.0. The predicted molar refractivity (Wildman–Crippen MR) is 118 cm³/mol. The number of pyridine rings is 1. The van der Waals surface area contributed by atoms with E-state index in [2.05, 4.69) is 108 Å². The highest BCUT2D eigenvalue weighted by atomic mass is 16.5. The molecule has 2 heteroatoms. The van der Waals surface area contributed by atoms with Crippen molar-refractivity contribution in [1.82, 2.24) is 0 Å². The summed E-state index contributed by atoms with van der Waals surface area (Å²) in [4.78, 5) is 0. The molecule has 0 radical (unpaired) electrons. The number of fused-ring (bicyclic) bond motifs is 1. The van der Waals surface area contributed by atoms with Gasteiger partial charge in [0.25, 0.3) is 0 Å². The van der Waals surface area contributed by atoms with Crippen LogP contribution < -0.4 is 9.30 Å². The van der Waals surface area contributed by atoms with Crippen molar-refractivity contribution in [3.8, 4) is 5.75 Å². The molecule has 0 amide bonds. The molecule has 3 aliphatic rings. The van der Waals surface area contributed by atoms with Gasteiger partial charge in [-0.15, -0.1) is 0 Å². The van der Waals surface area contributed by atoms with Crippen molar-refractivity contribution < 1.29 is 9.30 Å². The summed E-state index contributed by atoms with van der Waals surface area (Å²) in [6.45, 7) is 0. The number of aromatic nitrogens is 1. The van der Waals surface area contributed by atoms with Crippen LogP contribution in [0.1, 0.15) is 46.3 Å². The van der Waals surface area contributed by atoms with Gasteiger partial charge < -0.3 is 4.74 Å². The summed E-state index contributed by atoms with van der Waals surface area (Å²) in [5.41, 5.74) is 6.70. The molecule has 2 aliphatic heterocycles. The van der Waals surface area contributed by atoms with E-state index >= 15 is 0 Å². The smallest absolute Gasteiger partial charge is 0.190 e. The third kappa shape index (κ3) is 2.22. The van der Waals surface area contributed by atoms with Gasteiger partial charge in [-0.05, 0) is 17.2 Å².